The average molecular weight is 272 g/mol. The van der Waals surface area contributed by atoms with E-state index >= 15 is 0 Å². The fourth-order valence-corrected chi connectivity index (χ4v) is 1.90. The summed E-state index contributed by atoms with van der Waals surface area (Å²) in [6.07, 6.45) is 3.88. The third-order valence-corrected chi connectivity index (χ3v) is 3.51. The maximum absolute atomic E-state index is 12.2. The quantitative estimate of drug-likeness (QED) is 0.877. The average Bonchev–Trinajstić information content (AvgIpc) is 3.00. The molecule has 2 N–H and O–H groups in total. The summed E-state index contributed by atoms with van der Waals surface area (Å²) >= 11 is 0. The summed E-state index contributed by atoms with van der Waals surface area (Å²) in [7, 11) is 0. The minimum absolute atomic E-state index is 0.0339. The van der Waals surface area contributed by atoms with E-state index in [0.29, 0.717) is 5.56 Å². The molecule has 4 heteroatoms. The first-order chi connectivity index (χ1) is 9.61. The van der Waals surface area contributed by atoms with E-state index in [2.05, 4.69) is 5.32 Å². The van der Waals surface area contributed by atoms with Crippen molar-refractivity contribution in [3.05, 3.63) is 54.4 Å². The maximum Gasteiger partial charge on any atom is 0.251 e. The highest BCUT2D eigenvalue weighted by molar-refractivity contribution is 5.94. The molecule has 0 saturated carbocycles. The van der Waals surface area contributed by atoms with Crippen molar-refractivity contribution in [2.45, 2.75) is 19.9 Å². The van der Waals surface area contributed by atoms with Gasteiger partial charge in [0.1, 0.15) is 0 Å². The summed E-state index contributed by atoms with van der Waals surface area (Å²) in [6, 6.07) is 11.3. The molecule has 4 nitrogen and oxygen atoms in total. The van der Waals surface area contributed by atoms with Crippen LogP contribution in [0.3, 0.4) is 0 Å². The number of carbonyl (C=O) groups is 1. The van der Waals surface area contributed by atoms with Crippen molar-refractivity contribution in [3.8, 4) is 5.69 Å². The molecule has 0 radical (unpaired) electrons. The Morgan fingerprint density at radius 2 is 1.95 bits per heavy atom. The van der Waals surface area contributed by atoms with Crippen molar-refractivity contribution >= 4 is 5.91 Å². The molecule has 0 fully saturated rings. The largest absolute Gasteiger partial charge is 0.396 e. The second kappa shape index (κ2) is 6.39. The Morgan fingerprint density at radius 1 is 1.25 bits per heavy atom. The van der Waals surface area contributed by atoms with Gasteiger partial charge in [-0.25, -0.2) is 0 Å². The van der Waals surface area contributed by atoms with Crippen LogP contribution in [-0.4, -0.2) is 28.2 Å². The Kier molecular flexibility index (Phi) is 4.58. The highest BCUT2D eigenvalue weighted by Gasteiger charge is 2.15. The smallest absolute Gasteiger partial charge is 0.251 e. The third kappa shape index (κ3) is 3.27. The molecule has 2 aromatic rings. The monoisotopic (exact) mass is 272 g/mol. The number of hydrogen-bond acceptors (Lipinski definition) is 2. The molecule has 0 aliphatic heterocycles. The van der Waals surface area contributed by atoms with E-state index in [4.69, 9.17) is 5.11 Å². The van der Waals surface area contributed by atoms with Gasteiger partial charge in [0, 0.05) is 36.3 Å². The molecule has 1 amide bonds. The summed E-state index contributed by atoms with van der Waals surface area (Å²) in [5.41, 5.74) is 1.57. The van der Waals surface area contributed by atoms with Crippen LogP contribution in [0.25, 0.3) is 5.69 Å². The second-order valence-corrected chi connectivity index (χ2v) is 5.06. The first kappa shape index (κ1) is 14.3. The van der Waals surface area contributed by atoms with E-state index in [-0.39, 0.29) is 24.5 Å². The van der Waals surface area contributed by atoms with Gasteiger partial charge in [-0.3, -0.25) is 4.79 Å². The topological polar surface area (TPSA) is 54.3 Å². The minimum atomic E-state index is -0.119. The molecule has 1 aromatic heterocycles. The molecular formula is C16H20N2O2. The number of nitrogens with zero attached hydrogens (tertiary/aromatic N) is 1. The minimum Gasteiger partial charge on any atom is -0.396 e. The van der Waals surface area contributed by atoms with Crippen LogP contribution in [0.2, 0.25) is 0 Å². The van der Waals surface area contributed by atoms with Gasteiger partial charge in [0.05, 0.1) is 0 Å². The normalized spacial score (nSPS) is 13.8. The number of nitrogens with one attached hydrogen (secondary N) is 1. The third-order valence-electron chi connectivity index (χ3n) is 3.51. The lowest BCUT2D eigenvalue weighted by Gasteiger charge is -2.19. The van der Waals surface area contributed by atoms with Gasteiger partial charge in [-0.2, -0.15) is 0 Å². The SMILES string of the molecule is CC(CO)C(C)NC(=O)c1cccc(-n2cccc2)c1. The zero-order valence-electron chi connectivity index (χ0n) is 11.8. The van der Waals surface area contributed by atoms with Crippen LogP contribution in [0, 0.1) is 5.92 Å². The highest BCUT2D eigenvalue weighted by Crippen LogP contribution is 2.12. The summed E-state index contributed by atoms with van der Waals surface area (Å²) in [6.45, 7) is 3.86. The van der Waals surface area contributed by atoms with Crippen molar-refractivity contribution in [1.29, 1.82) is 0 Å². The molecule has 106 valence electrons. The van der Waals surface area contributed by atoms with Crippen LogP contribution in [0.1, 0.15) is 24.2 Å². The molecule has 20 heavy (non-hydrogen) atoms. The Balaban J connectivity index is 2.13. The summed E-state index contributed by atoms with van der Waals surface area (Å²) in [5.74, 6) is -0.0848. The number of hydrogen-bond donors (Lipinski definition) is 2. The lowest BCUT2D eigenvalue weighted by molar-refractivity contribution is 0.0916. The molecule has 0 aliphatic rings. The number of carbonyl (C=O) groups excluding carboxylic acids is 1. The molecule has 2 rings (SSSR count). The van der Waals surface area contributed by atoms with Gasteiger partial charge < -0.3 is 15.0 Å². The molecule has 0 saturated heterocycles. The van der Waals surface area contributed by atoms with Gasteiger partial charge >= 0.3 is 0 Å². The lowest BCUT2D eigenvalue weighted by Crippen LogP contribution is -2.38. The first-order valence-corrected chi connectivity index (χ1v) is 6.77. The van der Waals surface area contributed by atoms with Crippen LogP contribution in [0.5, 0.6) is 0 Å². The molecule has 2 atom stereocenters. The van der Waals surface area contributed by atoms with E-state index < -0.39 is 0 Å². The first-order valence-electron chi connectivity index (χ1n) is 6.77. The molecule has 2 unspecified atom stereocenters. The number of rotatable bonds is 5. The number of amides is 1. The van der Waals surface area contributed by atoms with Crippen molar-refractivity contribution in [1.82, 2.24) is 9.88 Å². The van der Waals surface area contributed by atoms with Gasteiger partial charge in [-0.1, -0.05) is 13.0 Å². The number of aliphatic hydroxyl groups excluding tert-OH is 1. The molecular weight excluding hydrogens is 252 g/mol. The summed E-state index contributed by atoms with van der Waals surface area (Å²) < 4.78 is 1.95. The Morgan fingerprint density at radius 3 is 2.60 bits per heavy atom. The van der Waals surface area contributed by atoms with E-state index in [1.54, 1.807) is 6.07 Å². The van der Waals surface area contributed by atoms with Gasteiger partial charge in [0.25, 0.3) is 5.91 Å². The van der Waals surface area contributed by atoms with Gasteiger partial charge in [0.15, 0.2) is 0 Å². The van der Waals surface area contributed by atoms with Gasteiger partial charge in [-0.05, 0) is 43.2 Å². The van der Waals surface area contributed by atoms with Crippen molar-refractivity contribution in [2.24, 2.45) is 5.92 Å². The van der Waals surface area contributed by atoms with Gasteiger partial charge in [-0.15, -0.1) is 0 Å². The Labute approximate surface area is 119 Å². The molecule has 1 heterocycles. The molecule has 0 bridgehead atoms. The van der Waals surface area contributed by atoms with Crippen LogP contribution < -0.4 is 5.32 Å². The van der Waals surface area contributed by atoms with Crippen molar-refractivity contribution < 1.29 is 9.90 Å². The van der Waals surface area contributed by atoms with E-state index in [0.717, 1.165) is 5.69 Å². The molecule has 1 aromatic carbocycles. The zero-order chi connectivity index (χ0) is 14.5. The van der Waals surface area contributed by atoms with Crippen LogP contribution >= 0.6 is 0 Å². The van der Waals surface area contributed by atoms with E-state index in [1.165, 1.54) is 0 Å². The second-order valence-electron chi connectivity index (χ2n) is 5.06. The maximum atomic E-state index is 12.2. The van der Waals surface area contributed by atoms with Crippen LogP contribution in [-0.2, 0) is 0 Å². The van der Waals surface area contributed by atoms with Crippen LogP contribution in [0.4, 0.5) is 0 Å². The zero-order valence-corrected chi connectivity index (χ0v) is 11.8. The molecule has 0 spiro atoms. The fourth-order valence-electron chi connectivity index (χ4n) is 1.90. The summed E-state index contributed by atoms with van der Waals surface area (Å²) in [4.78, 5) is 12.2. The Bertz CT molecular complexity index is 564. The van der Waals surface area contributed by atoms with Gasteiger partial charge in [0.2, 0.25) is 0 Å². The predicted octanol–water partition coefficient (Wildman–Crippen LogP) is 2.22. The number of aliphatic hydroxyl groups is 1. The van der Waals surface area contributed by atoms with Crippen LogP contribution in [0.15, 0.2) is 48.8 Å². The molecule has 0 aliphatic carbocycles. The van der Waals surface area contributed by atoms with Crippen molar-refractivity contribution in [3.63, 3.8) is 0 Å². The lowest BCUT2D eigenvalue weighted by atomic mass is 10.0. The van der Waals surface area contributed by atoms with E-state index in [1.807, 2.05) is 61.1 Å². The fraction of sp³-hybridized carbons (Fsp3) is 0.312. The Hall–Kier alpha value is -2.07. The van der Waals surface area contributed by atoms with Crippen molar-refractivity contribution in [2.75, 3.05) is 6.61 Å². The standard InChI is InChI=1S/C16H20N2O2/c1-12(11-19)13(2)17-16(20)14-6-5-7-15(10-14)18-8-3-4-9-18/h3-10,12-13,19H,11H2,1-2H3,(H,17,20). The van der Waals surface area contributed by atoms with E-state index in [9.17, 15) is 4.79 Å². The number of aromatic nitrogens is 1. The number of benzene rings is 1. The summed E-state index contributed by atoms with van der Waals surface area (Å²) in [5, 5.41) is 12.0. The highest BCUT2D eigenvalue weighted by atomic mass is 16.3. The predicted molar refractivity (Wildman–Crippen MR) is 78.9 cm³/mol.